The van der Waals surface area contributed by atoms with E-state index in [1.807, 2.05) is 43.3 Å². The lowest BCUT2D eigenvalue weighted by Crippen LogP contribution is -1.98. The smallest absolute Gasteiger partial charge is 0.318 e. The Kier molecular flexibility index (Phi) is 6.01. The van der Waals surface area contributed by atoms with E-state index in [4.69, 9.17) is 16.3 Å². The van der Waals surface area contributed by atoms with E-state index in [9.17, 15) is 20.2 Å². The van der Waals surface area contributed by atoms with Gasteiger partial charge in [-0.05, 0) is 47.5 Å². The molecule has 0 N–H and O–H groups in total. The summed E-state index contributed by atoms with van der Waals surface area (Å²) in [6.07, 6.45) is 1.62. The third-order valence-corrected chi connectivity index (χ3v) is 5.48. The molecular formula is C24H16ClN3O5. The molecule has 4 aromatic carbocycles. The van der Waals surface area contributed by atoms with E-state index < -0.39 is 21.2 Å². The number of fused-ring (bicyclic) bond motifs is 1. The van der Waals surface area contributed by atoms with Crippen molar-refractivity contribution in [3.05, 3.63) is 109 Å². The van der Waals surface area contributed by atoms with Crippen LogP contribution in [0.2, 0.25) is 5.02 Å². The summed E-state index contributed by atoms with van der Waals surface area (Å²) in [5.41, 5.74) is 1.17. The van der Waals surface area contributed by atoms with Crippen LogP contribution in [0.4, 0.5) is 17.1 Å². The Bertz CT molecular complexity index is 1440. The molecule has 0 saturated carbocycles. The van der Waals surface area contributed by atoms with Gasteiger partial charge in [-0.15, -0.1) is 0 Å². The lowest BCUT2D eigenvalue weighted by atomic mass is 10.0. The van der Waals surface area contributed by atoms with Crippen LogP contribution in [-0.4, -0.2) is 16.1 Å². The van der Waals surface area contributed by atoms with Gasteiger partial charge in [-0.1, -0.05) is 48.0 Å². The zero-order valence-corrected chi connectivity index (χ0v) is 18.0. The van der Waals surface area contributed by atoms with Crippen LogP contribution < -0.4 is 4.74 Å². The molecule has 4 aromatic rings. The average molecular weight is 462 g/mol. The molecule has 33 heavy (non-hydrogen) atoms. The Labute approximate surface area is 193 Å². The molecular weight excluding hydrogens is 446 g/mol. The Hall–Kier alpha value is -4.30. The number of ether oxygens (including phenoxy) is 1. The molecule has 0 bridgehead atoms. The number of hydrogen-bond acceptors (Lipinski definition) is 6. The SMILES string of the molecule is Cc1c(Cl)cccc1N=Cc1c(Oc2ccc([N+](=O)[O-])cc2[N+](=O)[O-])ccc2ccccc12. The van der Waals surface area contributed by atoms with Crippen LogP contribution in [0.25, 0.3) is 10.8 Å². The summed E-state index contributed by atoms with van der Waals surface area (Å²) in [6, 6.07) is 19.7. The van der Waals surface area contributed by atoms with Gasteiger partial charge in [0.25, 0.3) is 5.69 Å². The van der Waals surface area contributed by atoms with Gasteiger partial charge < -0.3 is 4.74 Å². The molecule has 0 saturated heterocycles. The van der Waals surface area contributed by atoms with Crippen LogP contribution in [0.1, 0.15) is 11.1 Å². The summed E-state index contributed by atoms with van der Waals surface area (Å²) in [5, 5.41) is 24.9. The molecule has 8 nitrogen and oxygen atoms in total. The number of halogens is 1. The summed E-state index contributed by atoms with van der Waals surface area (Å²) < 4.78 is 5.91. The molecule has 0 unspecified atom stereocenters. The first-order valence-electron chi connectivity index (χ1n) is 9.77. The average Bonchev–Trinajstić information content (AvgIpc) is 2.80. The highest BCUT2D eigenvalue weighted by Crippen LogP contribution is 2.37. The monoisotopic (exact) mass is 461 g/mol. The normalized spacial score (nSPS) is 11.1. The summed E-state index contributed by atoms with van der Waals surface area (Å²) in [5.74, 6) is 0.198. The first-order valence-corrected chi connectivity index (χ1v) is 10.1. The lowest BCUT2D eigenvalue weighted by Gasteiger charge is -2.12. The summed E-state index contributed by atoms with van der Waals surface area (Å²) in [7, 11) is 0. The standard InChI is InChI=1S/C24H16ClN3O5/c1-15-20(25)7-4-8-21(15)26-14-19-18-6-3-2-5-16(18)9-11-23(19)33-24-12-10-17(27(29)30)13-22(24)28(31)32/h2-14H,1H3. The molecule has 0 fully saturated rings. The maximum atomic E-state index is 11.5. The molecule has 0 radical (unpaired) electrons. The van der Waals surface area contributed by atoms with Crippen LogP contribution in [0.5, 0.6) is 11.5 Å². The maximum absolute atomic E-state index is 11.5. The largest absolute Gasteiger partial charge is 0.449 e. The molecule has 0 aromatic heterocycles. The van der Waals surface area contributed by atoms with Gasteiger partial charge >= 0.3 is 5.69 Å². The van der Waals surface area contributed by atoms with Gasteiger partial charge in [-0.2, -0.15) is 0 Å². The zero-order valence-electron chi connectivity index (χ0n) is 17.3. The maximum Gasteiger partial charge on any atom is 0.318 e. The van der Waals surface area contributed by atoms with E-state index in [1.54, 1.807) is 24.4 Å². The second-order valence-electron chi connectivity index (χ2n) is 7.11. The molecule has 0 aliphatic carbocycles. The zero-order chi connectivity index (χ0) is 23.5. The minimum absolute atomic E-state index is 0.116. The van der Waals surface area contributed by atoms with E-state index in [0.717, 1.165) is 28.5 Å². The van der Waals surface area contributed by atoms with Gasteiger partial charge in [-0.25, -0.2) is 0 Å². The van der Waals surface area contributed by atoms with Crippen LogP contribution in [-0.2, 0) is 0 Å². The highest BCUT2D eigenvalue weighted by Gasteiger charge is 2.22. The van der Waals surface area contributed by atoms with Gasteiger partial charge in [0.05, 0.1) is 21.6 Å². The number of non-ortho nitro benzene ring substituents is 1. The van der Waals surface area contributed by atoms with Crippen molar-refractivity contribution >= 4 is 45.7 Å². The minimum Gasteiger partial charge on any atom is -0.449 e. The van der Waals surface area contributed by atoms with Crippen LogP contribution in [0.15, 0.2) is 77.8 Å². The summed E-state index contributed by atoms with van der Waals surface area (Å²) in [6.45, 7) is 1.86. The third-order valence-electron chi connectivity index (χ3n) is 5.07. The van der Waals surface area contributed by atoms with Gasteiger partial charge in [0.2, 0.25) is 5.75 Å². The molecule has 164 valence electrons. The van der Waals surface area contributed by atoms with E-state index in [-0.39, 0.29) is 5.75 Å². The highest BCUT2D eigenvalue weighted by molar-refractivity contribution is 6.31. The van der Waals surface area contributed by atoms with Crippen molar-refractivity contribution in [3.8, 4) is 11.5 Å². The Morgan fingerprint density at radius 1 is 0.909 bits per heavy atom. The van der Waals surface area contributed by atoms with Gasteiger partial charge in [0.15, 0.2) is 0 Å². The van der Waals surface area contributed by atoms with E-state index in [2.05, 4.69) is 4.99 Å². The molecule has 0 amide bonds. The van der Waals surface area contributed by atoms with Gasteiger partial charge in [0.1, 0.15) is 5.75 Å². The third kappa shape index (κ3) is 4.51. The fourth-order valence-corrected chi connectivity index (χ4v) is 3.50. The minimum atomic E-state index is -0.716. The van der Waals surface area contributed by atoms with Crippen molar-refractivity contribution in [2.24, 2.45) is 4.99 Å². The molecule has 0 spiro atoms. The Morgan fingerprint density at radius 3 is 2.42 bits per heavy atom. The Morgan fingerprint density at radius 2 is 1.67 bits per heavy atom. The highest BCUT2D eigenvalue weighted by atomic mass is 35.5. The van der Waals surface area contributed by atoms with Crippen LogP contribution in [0, 0.1) is 27.2 Å². The number of nitrogens with zero attached hydrogens (tertiary/aromatic N) is 3. The van der Waals surface area contributed by atoms with E-state index >= 15 is 0 Å². The predicted molar refractivity (Wildman–Crippen MR) is 127 cm³/mol. The fraction of sp³-hybridized carbons (Fsp3) is 0.0417. The van der Waals surface area contributed by atoms with Crippen molar-refractivity contribution in [1.82, 2.24) is 0 Å². The second-order valence-corrected chi connectivity index (χ2v) is 7.52. The van der Waals surface area contributed by atoms with Crippen LogP contribution in [0.3, 0.4) is 0 Å². The topological polar surface area (TPSA) is 108 Å². The molecule has 0 aliphatic heterocycles. The fourth-order valence-electron chi connectivity index (χ4n) is 3.33. The van der Waals surface area contributed by atoms with Crippen molar-refractivity contribution in [2.45, 2.75) is 6.92 Å². The van der Waals surface area contributed by atoms with Gasteiger partial charge in [-0.3, -0.25) is 25.2 Å². The van der Waals surface area contributed by atoms with Crippen molar-refractivity contribution in [1.29, 1.82) is 0 Å². The Balaban J connectivity index is 1.84. The lowest BCUT2D eigenvalue weighted by molar-refractivity contribution is -0.394. The molecule has 0 atom stereocenters. The van der Waals surface area contributed by atoms with Crippen molar-refractivity contribution in [3.63, 3.8) is 0 Å². The number of rotatable bonds is 6. The van der Waals surface area contributed by atoms with Crippen molar-refractivity contribution < 1.29 is 14.6 Å². The van der Waals surface area contributed by atoms with Gasteiger partial charge in [0, 0.05) is 22.9 Å². The first-order chi connectivity index (χ1) is 15.8. The summed E-state index contributed by atoms with van der Waals surface area (Å²) >= 11 is 6.20. The second kappa shape index (κ2) is 9.05. The molecule has 0 heterocycles. The van der Waals surface area contributed by atoms with E-state index in [1.165, 1.54) is 6.07 Å². The number of nitro groups is 2. The van der Waals surface area contributed by atoms with Crippen molar-refractivity contribution in [2.75, 3.05) is 0 Å². The quantitative estimate of drug-likeness (QED) is 0.172. The van der Waals surface area contributed by atoms with E-state index in [0.29, 0.717) is 22.0 Å². The summed E-state index contributed by atoms with van der Waals surface area (Å²) in [4.78, 5) is 25.7. The molecule has 4 rings (SSSR count). The number of aliphatic imine (C=N–C) groups is 1. The number of benzene rings is 4. The number of hydrogen-bond donors (Lipinski definition) is 0. The predicted octanol–water partition coefficient (Wildman–Crippen LogP) is 7.16. The molecule has 9 heteroatoms. The number of nitro benzene ring substituents is 2. The van der Waals surface area contributed by atoms with Crippen LogP contribution >= 0.6 is 11.6 Å². The molecule has 0 aliphatic rings. The first kappa shape index (κ1) is 21.9.